The fourth-order valence-corrected chi connectivity index (χ4v) is 3.41. The lowest BCUT2D eigenvalue weighted by molar-refractivity contribution is -0.119. The van der Waals surface area contributed by atoms with Gasteiger partial charge in [0.2, 0.25) is 5.91 Å². The van der Waals surface area contributed by atoms with Crippen LogP contribution in [0, 0.1) is 5.92 Å². The molecule has 0 bridgehead atoms. The average Bonchev–Trinajstić information content (AvgIpc) is 3.31. The molecule has 6 heteroatoms. The van der Waals surface area contributed by atoms with Crippen LogP contribution < -0.4 is 10.1 Å². The Kier molecular flexibility index (Phi) is 4.09. The van der Waals surface area contributed by atoms with E-state index in [1.54, 1.807) is 7.11 Å². The normalized spacial score (nSPS) is 14.8. The van der Waals surface area contributed by atoms with Gasteiger partial charge in [0, 0.05) is 11.5 Å². The first-order valence-electron chi connectivity index (χ1n) is 8.55. The molecule has 0 atom stereocenters. The van der Waals surface area contributed by atoms with Crippen LogP contribution in [0.4, 0.5) is 5.82 Å². The first kappa shape index (κ1) is 15.6. The molecule has 1 aromatic carbocycles. The van der Waals surface area contributed by atoms with Crippen molar-refractivity contribution in [1.82, 2.24) is 15.2 Å². The molecule has 0 aliphatic heterocycles. The minimum atomic E-state index is 0.0553. The van der Waals surface area contributed by atoms with Crippen LogP contribution in [0.15, 0.2) is 36.4 Å². The van der Waals surface area contributed by atoms with Crippen molar-refractivity contribution in [2.75, 3.05) is 12.4 Å². The first-order chi connectivity index (χ1) is 12.3. The molecular formula is C19H20N4O2. The number of amides is 1. The van der Waals surface area contributed by atoms with Crippen molar-refractivity contribution >= 4 is 22.8 Å². The Morgan fingerprint density at radius 1 is 1.20 bits per heavy atom. The average molecular weight is 336 g/mol. The summed E-state index contributed by atoms with van der Waals surface area (Å²) < 4.78 is 5.40. The third-order valence-corrected chi connectivity index (χ3v) is 4.77. The topological polar surface area (TPSA) is 79.9 Å². The molecule has 0 saturated heterocycles. The van der Waals surface area contributed by atoms with Crippen molar-refractivity contribution < 1.29 is 9.53 Å². The van der Waals surface area contributed by atoms with Gasteiger partial charge >= 0.3 is 0 Å². The lowest BCUT2D eigenvalue weighted by atomic mass is 10.1. The summed E-state index contributed by atoms with van der Waals surface area (Å²) in [6, 6.07) is 11.6. The number of carbonyl (C=O) groups excluding carboxylic acids is 1. The van der Waals surface area contributed by atoms with Gasteiger partial charge in [0.05, 0.1) is 18.2 Å². The second-order valence-electron chi connectivity index (χ2n) is 6.34. The van der Waals surface area contributed by atoms with Crippen molar-refractivity contribution in [1.29, 1.82) is 0 Å². The Hall–Kier alpha value is -2.89. The van der Waals surface area contributed by atoms with Gasteiger partial charge in [-0.05, 0) is 37.1 Å². The maximum absolute atomic E-state index is 12.3. The van der Waals surface area contributed by atoms with Gasteiger partial charge in [0.1, 0.15) is 5.75 Å². The van der Waals surface area contributed by atoms with Crippen molar-refractivity contribution in [3.05, 3.63) is 36.4 Å². The van der Waals surface area contributed by atoms with Gasteiger partial charge < -0.3 is 10.1 Å². The van der Waals surface area contributed by atoms with E-state index in [-0.39, 0.29) is 11.8 Å². The number of carbonyl (C=O) groups is 1. The summed E-state index contributed by atoms with van der Waals surface area (Å²) in [4.78, 5) is 17.0. The zero-order valence-corrected chi connectivity index (χ0v) is 14.1. The second kappa shape index (κ2) is 6.55. The van der Waals surface area contributed by atoms with Crippen LogP contribution in [-0.4, -0.2) is 28.2 Å². The van der Waals surface area contributed by atoms with E-state index in [2.05, 4.69) is 20.5 Å². The number of hydrogen-bond acceptors (Lipinski definition) is 4. The lowest BCUT2D eigenvalue weighted by Crippen LogP contribution is -2.20. The quantitative estimate of drug-likeness (QED) is 0.760. The fourth-order valence-electron chi connectivity index (χ4n) is 3.41. The zero-order chi connectivity index (χ0) is 17.2. The maximum Gasteiger partial charge on any atom is 0.228 e. The van der Waals surface area contributed by atoms with Crippen molar-refractivity contribution in [3.63, 3.8) is 0 Å². The number of nitrogens with zero attached hydrogens (tertiary/aromatic N) is 2. The number of benzene rings is 1. The maximum atomic E-state index is 12.3. The molecule has 1 fully saturated rings. The molecule has 0 spiro atoms. The van der Waals surface area contributed by atoms with Gasteiger partial charge in [-0.25, -0.2) is 4.98 Å². The van der Waals surface area contributed by atoms with E-state index in [1.165, 1.54) is 0 Å². The zero-order valence-electron chi connectivity index (χ0n) is 14.1. The van der Waals surface area contributed by atoms with E-state index < -0.39 is 0 Å². The van der Waals surface area contributed by atoms with E-state index in [4.69, 9.17) is 4.74 Å². The summed E-state index contributed by atoms with van der Waals surface area (Å²) in [6.07, 6.45) is 4.18. The number of rotatable bonds is 4. The Bertz CT molecular complexity index is 913. The van der Waals surface area contributed by atoms with Crippen LogP contribution in [0.3, 0.4) is 0 Å². The standard InChI is InChI=1S/C19H20N4O2/c1-25-16-9-5-4-8-13(16)15-11-10-14-17(20-15)22-23-18(14)21-19(24)12-6-2-3-7-12/h4-5,8-12H,2-3,6-7H2,1H3,(H2,20,21,22,23,24). The number of pyridine rings is 1. The predicted octanol–water partition coefficient (Wildman–Crippen LogP) is 3.76. The molecule has 3 aromatic rings. The highest BCUT2D eigenvalue weighted by Gasteiger charge is 2.24. The largest absolute Gasteiger partial charge is 0.496 e. The van der Waals surface area contributed by atoms with Crippen molar-refractivity contribution in [3.8, 4) is 17.0 Å². The fraction of sp³-hybridized carbons (Fsp3) is 0.316. The summed E-state index contributed by atoms with van der Waals surface area (Å²) in [5, 5.41) is 10.9. The molecule has 2 N–H and O–H groups in total. The minimum absolute atomic E-state index is 0.0553. The van der Waals surface area contributed by atoms with Crippen molar-refractivity contribution in [2.45, 2.75) is 25.7 Å². The molecule has 1 saturated carbocycles. The first-order valence-corrected chi connectivity index (χ1v) is 8.55. The van der Waals surface area contributed by atoms with E-state index in [9.17, 15) is 4.79 Å². The number of aromatic amines is 1. The minimum Gasteiger partial charge on any atom is -0.496 e. The highest BCUT2D eigenvalue weighted by atomic mass is 16.5. The molecule has 4 rings (SSSR count). The summed E-state index contributed by atoms with van der Waals surface area (Å²) in [5.74, 6) is 1.47. The Labute approximate surface area is 145 Å². The van der Waals surface area contributed by atoms with Crippen LogP contribution in [0.2, 0.25) is 0 Å². The van der Waals surface area contributed by atoms with E-state index in [0.29, 0.717) is 11.5 Å². The highest BCUT2D eigenvalue weighted by Crippen LogP contribution is 2.31. The number of ether oxygens (including phenoxy) is 1. The summed E-state index contributed by atoms with van der Waals surface area (Å²) in [7, 11) is 1.64. The second-order valence-corrected chi connectivity index (χ2v) is 6.34. The molecular weight excluding hydrogens is 316 g/mol. The Morgan fingerprint density at radius 2 is 2.00 bits per heavy atom. The van der Waals surface area contributed by atoms with E-state index in [0.717, 1.165) is 48.1 Å². The number of aromatic nitrogens is 3. The van der Waals surface area contributed by atoms with Crippen LogP contribution in [0.1, 0.15) is 25.7 Å². The summed E-state index contributed by atoms with van der Waals surface area (Å²) in [6.45, 7) is 0. The van der Waals surface area contributed by atoms with Crippen LogP contribution in [0.25, 0.3) is 22.3 Å². The number of para-hydroxylation sites is 1. The number of H-pyrrole nitrogens is 1. The van der Waals surface area contributed by atoms with Gasteiger partial charge in [-0.2, -0.15) is 5.10 Å². The number of nitrogens with one attached hydrogen (secondary N) is 2. The monoisotopic (exact) mass is 336 g/mol. The Balaban J connectivity index is 1.64. The molecule has 25 heavy (non-hydrogen) atoms. The van der Waals surface area contributed by atoms with Gasteiger partial charge in [-0.15, -0.1) is 0 Å². The van der Waals surface area contributed by atoms with Crippen LogP contribution >= 0.6 is 0 Å². The number of methoxy groups -OCH3 is 1. The number of anilines is 1. The molecule has 1 aliphatic carbocycles. The highest BCUT2D eigenvalue weighted by molar-refractivity contribution is 6.00. The lowest BCUT2D eigenvalue weighted by Gasteiger charge is -2.09. The summed E-state index contributed by atoms with van der Waals surface area (Å²) in [5.41, 5.74) is 2.35. The molecule has 2 heterocycles. The molecule has 1 aliphatic rings. The van der Waals surface area contributed by atoms with Crippen molar-refractivity contribution in [2.24, 2.45) is 5.92 Å². The van der Waals surface area contributed by atoms with E-state index in [1.807, 2.05) is 36.4 Å². The third kappa shape index (κ3) is 2.95. The molecule has 6 nitrogen and oxygen atoms in total. The smallest absolute Gasteiger partial charge is 0.228 e. The van der Waals surface area contributed by atoms with Crippen LogP contribution in [-0.2, 0) is 4.79 Å². The molecule has 128 valence electrons. The number of fused-ring (bicyclic) bond motifs is 1. The molecule has 1 amide bonds. The molecule has 0 radical (unpaired) electrons. The van der Waals surface area contributed by atoms with Gasteiger partial charge in [0.15, 0.2) is 11.5 Å². The van der Waals surface area contributed by atoms with Gasteiger partial charge in [-0.3, -0.25) is 9.89 Å². The number of hydrogen-bond donors (Lipinski definition) is 2. The summed E-state index contributed by atoms with van der Waals surface area (Å²) >= 11 is 0. The van der Waals surface area contributed by atoms with Gasteiger partial charge in [0.25, 0.3) is 0 Å². The SMILES string of the molecule is COc1ccccc1-c1ccc2c(NC(=O)C3CCCC3)n[nH]c2n1. The van der Waals surface area contributed by atoms with Gasteiger partial charge in [-0.1, -0.05) is 25.0 Å². The third-order valence-electron chi connectivity index (χ3n) is 4.77. The Morgan fingerprint density at radius 3 is 2.80 bits per heavy atom. The van der Waals surface area contributed by atoms with E-state index >= 15 is 0 Å². The predicted molar refractivity (Wildman–Crippen MR) is 96.5 cm³/mol. The molecule has 2 aromatic heterocycles. The van der Waals surface area contributed by atoms with Crippen LogP contribution in [0.5, 0.6) is 5.75 Å². The molecule has 0 unspecified atom stereocenters.